The number of aromatic nitrogens is 1. The van der Waals surface area contributed by atoms with Crippen LogP contribution in [-0.2, 0) is 21.3 Å². The van der Waals surface area contributed by atoms with Gasteiger partial charge in [-0.15, -0.1) is 0 Å². The Bertz CT molecular complexity index is 585. The second-order valence-corrected chi connectivity index (χ2v) is 5.69. The Labute approximate surface area is 134 Å². The van der Waals surface area contributed by atoms with Gasteiger partial charge in [0.15, 0.2) is 0 Å². The first-order valence-electron chi connectivity index (χ1n) is 7.33. The van der Waals surface area contributed by atoms with E-state index in [4.69, 9.17) is 19.4 Å². The molecule has 8 heteroatoms. The smallest absolute Gasteiger partial charge is 0.290 e. The number of hydrogen-bond acceptors (Lipinski definition) is 5. The summed E-state index contributed by atoms with van der Waals surface area (Å²) in [6.45, 7) is 4.29. The predicted octanol–water partition coefficient (Wildman–Crippen LogP) is -0.400. The number of carboxylic acid groups (broad SMARTS) is 1. The standard InChI is InChI=1S/C14H20N2O4.CH2O2/c1-7-4-9(8(2)16(7)3)14(18)15-10-5-19-13-11(17)6-20-12(10)13;2-1-3/h4,10-13,17H,5-6H2,1-3H3,(H,15,18);1H,(H,2,3)/t10-,11-,12-,13-;/m1./s1. The quantitative estimate of drug-likeness (QED) is 0.638. The molecule has 8 nitrogen and oxygen atoms in total. The van der Waals surface area contributed by atoms with Crippen LogP contribution in [0, 0.1) is 13.8 Å². The Morgan fingerprint density at radius 3 is 2.52 bits per heavy atom. The van der Waals surface area contributed by atoms with Gasteiger partial charge in [0.2, 0.25) is 0 Å². The third-order valence-electron chi connectivity index (χ3n) is 4.36. The second kappa shape index (κ2) is 7.12. The van der Waals surface area contributed by atoms with Crippen molar-refractivity contribution in [1.29, 1.82) is 0 Å². The van der Waals surface area contributed by atoms with Gasteiger partial charge in [-0.25, -0.2) is 0 Å². The molecular weight excluding hydrogens is 304 g/mol. The van der Waals surface area contributed by atoms with E-state index in [-0.39, 0.29) is 37.2 Å². The van der Waals surface area contributed by atoms with Gasteiger partial charge in [0.1, 0.15) is 18.3 Å². The van der Waals surface area contributed by atoms with Crippen LogP contribution in [0.3, 0.4) is 0 Å². The first-order valence-corrected chi connectivity index (χ1v) is 7.33. The summed E-state index contributed by atoms with van der Waals surface area (Å²) in [4.78, 5) is 20.7. The third kappa shape index (κ3) is 3.39. The van der Waals surface area contributed by atoms with Crippen molar-refractivity contribution >= 4 is 12.4 Å². The van der Waals surface area contributed by atoms with Crippen molar-refractivity contribution in [1.82, 2.24) is 9.88 Å². The summed E-state index contributed by atoms with van der Waals surface area (Å²) >= 11 is 0. The van der Waals surface area contributed by atoms with Crippen molar-refractivity contribution in [3.63, 3.8) is 0 Å². The molecule has 2 aliphatic rings. The number of carbonyl (C=O) groups excluding carboxylic acids is 1. The Balaban J connectivity index is 0.000000595. The molecule has 128 valence electrons. The van der Waals surface area contributed by atoms with E-state index in [0.29, 0.717) is 12.2 Å². The number of fused-ring (bicyclic) bond motifs is 1. The fourth-order valence-electron chi connectivity index (χ4n) is 2.93. The van der Waals surface area contributed by atoms with Gasteiger partial charge in [0.05, 0.1) is 24.8 Å². The van der Waals surface area contributed by atoms with Crippen LogP contribution in [-0.4, -0.2) is 64.7 Å². The highest BCUT2D eigenvalue weighted by molar-refractivity contribution is 5.96. The van der Waals surface area contributed by atoms with Crippen LogP contribution < -0.4 is 5.32 Å². The van der Waals surface area contributed by atoms with E-state index >= 15 is 0 Å². The lowest BCUT2D eigenvalue weighted by Gasteiger charge is -2.17. The molecule has 1 amide bonds. The molecule has 4 atom stereocenters. The lowest BCUT2D eigenvalue weighted by Crippen LogP contribution is -2.44. The summed E-state index contributed by atoms with van der Waals surface area (Å²) < 4.78 is 13.0. The van der Waals surface area contributed by atoms with E-state index in [1.165, 1.54) is 0 Å². The summed E-state index contributed by atoms with van der Waals surface area (Å²) in [7, 11) is 1.94. The third-order valence-corrected chi connectivity index (χ3v) is 4.36. The van der Waals surface area contributed by atoms with Crippen LogP contribution in [0.15, 0.2) is 6.07 Å². The Kier molecular flexibility index (Phi) is 5.40. The summed E-state index contributed by atoms with van der Waals surface area (Å²) in [6, 6.07) is 1.67. The Morgan fingerprint density at radius 1 is 1.35 bits per heavy atom. The SMILES string of the molecule is Cc1cc(C(=O)N[C@@H]2CO[C@H]3[C@@H]2OC[C@H]3O)c(C)n1C.O=CO. The average molecular weight is 326 g/mol. The van der Waals surface area contributed by atoms with Crippen LogP contribution in [0.2, 0.25) is 0 Å². The van der Waals surface area contributed by atoms with Gasteiger partial charge in [-0.3, -0.25) is 9.59 Å². The molecule has 0 unspecified atom stereocenters. The molecule has 0 aromatic carbocycles. The van der Waals surface area contributed by atoms with E-state index in [1.54, 1.807) is 0 Å². The van der Waals surface area contributed by atoms with Crippen molar-refractivity contribution < 1.29 is 29.3 Å². The highest BCUT2D eigenvalue weighted by atomic mass is 16.6. The molecule has 3 N–H and O–H groups in total. The molecule has 0 bridgehead atoms. The average Bonchev–Trinajstić information content (AvgIpc) is 3.14. The number of aliphatic hydroxyl groups is 1. The minimum atomic E-state index is -0.595. The Hall–Kier alpha value is -1.90. The molecule has 2 fully saturated rings. The number of hydrogen-bond donors (Lipinski definition) is 3. The van der Waals surface area contributed by atoms with Gasteiger partial charge in [0, 0.05) is 18.4 Å². The number of amides is 1. The molecule has 0 spiro atoms. The van der Waals surface area contributed by atoms with Gasteiger partial charge in [-0.2, -0.15) is 0 Å². The normalized spacial score (nSPS) is 28.7. The van der Waals surface area contributed by atoms with E-state index in [2.05, 4.69) is 5.32 Å². The fourth-order valence-corrected chi connectivity index (χ4v) is 2.93. The molecule has 0 saturated carbocycles. The topological polar surface area (TPSA) is 110 Å². The van der Waals surface area contributed by atoms with Crippen molar-refractivity contribution in [3.8, 4) is 0 Å². The van der Waals surface area contributed by atoms with Crippen molar-refractivity contribution in [2.45, 2.75) is 38.2 Å². The van der Waals surface area contributed by atoms with Crippen molar-refractivity contribution in [2.24, 2.45) is 7.05 Å². The van der Waals surface area contributed by atoms with E-state index < -0.39 is 6.10 Å². The lowest BCUT2D eigenvalue weighted by molar-refractivity contribution is -0.122. The maximum Gasteiger partial charge on any atom is 0.290 e. The molecule has 1 aromatic heterocycles. The van der Waals surface area contributed by atoms with Crippen LogP contribution in [0.5, 0.6) is 0 Å². The van der Waals surface area contributed by atoms with Crippen molar-refractivity contribution in [3.05, 3.63) is 23.0 Å². The summed E-state index contributed by atoms with van der Waals surface area (Å²) in [5.74, 6) is -0.120. The number of nitrogens with one attached hydrogen (secondary N) is 1. The van der Waals surface area contributed by atoms with Crippen LogP contribution >= 0.6 is 0 Å². The zero-order valence-corrected chi connectivity index (χ0v) is 13.4. The van der Waals surface area contributed by atoms with E-state index in [9.17, 15) is 9.90 Å². The number of ether oxygens (including phenoxy) is 2. The molecule has 23 heavy (non-hydrogen) atoms. The lowest BCUT2D eigenvalue weighted by atomic mass is 10.1. The number of aryl methyl sites for hydroxylation is 1. The van der Waals surface area contributed by atoms with Crippen LogP contribution in [0.4, 0.5) is 0 Å². The first kappa shape index (κ1) is 17.5. The number of carbonyl (C=O) groups is 2. The van der Waals surface area contributed by atoms with Gasteiger partial charge in [-0.1, -0.05) is 0 Å². The van der Waals surface area contributed by atoms with E-state index in [1.807, 2.05) is 31.5 Å². The maximum absolute atomic E-state index is 12.4. The zero-order valence-electron chi connectivity index (χ0n) is 13.4. The molecule has 2 aliphatic heterocycles. The Morgan fingerprint density at radius 2 is 1.96 bits per heavy atom. The van der Waals surface area contributed by atoms with Crippen LogP contribution in [0.1, 0.15) is 21.7 Å². The number of rotatable bonds is 2. The van der Waals surface area contributed by atoms with Gasteiger partial charge >= 0.3 is 0 Å². The molecule has 3 rings (SSSR count). The second-order valence-electron chi connectivity index (χ2n) is 5.69. The number of aliphatic hydroxyl groups excluding tert-OH is 1. The van der Waals surface area contributed by atoms with Gasteiger partial charge < -0.3 is 29.6 Å². The zero-order chi connectivity index (χ0) is 17.1. The summed E-state index contributed by atoms with van der Waals surface area (Å²) in [5.41, 5.74) is 2.65. The molecular formula is C15H22N2O6. The number of nitrogens with zero attached hydrogens (tertiary/aromatic N) is 1. The van der Waals surface area contributed by atoms with Crippen LogP contribution in [0.25, 0.3) is 0 Å². The van der Waals surface area contributed by atoms with E-state index in [0.717, 1.165) is 11.4 Å². The minimum absolute atomic E-state index is 0.120. The molecule has 0 radical (unpaired) electrons. The fraction of sp³-hybridized carbons (Fsp3) is 0.600. The maximum atomic E-state index is 12.4. The predicted molar refractivity (Wildman–Crippen MR) is 80.3 cm³/mol. The molecule has 3 heterocycles. The highest BCUT2D eigenvalue weighted by Gasteiger charge is 2.47. The highest BCUT2D eigenvalue weighted by Crippen LogP contribution is 2.27. The largest absolute Gasteiger partial charge is 0.483 e. The monoisotopic (exact) mass is 326 g/mol. The summed E-state index contributed by atoms with van der Waals surface area (Å²) in [5, 5.41) is 19.5. The molecule has 1 aromatic rings. The molecule has 2 saturated heterocycles. The van der Waals surface area contributed by atoms with Gasteiger partial charge in [0.25, 0.3) is 12.4 Å². The summed E-state index contributed by atoms with van der Waals surface area (Å²) in [6.07, 6.45) is -1.17. The molecule has 0 aliphatic carbocycles. The first-order chi connectivity index (χ1) is 10.9. The van der Waals surface area contributed by atoms with Crippen molar-refractivity contribution in [2.75, 3.05) is 13.2 Å². The minimum Gasteiger partial charge on any atom is -0.483 e. The van der Waals surface area contributed by atoms with Gasteiger partial charge in [-0.05, 0) is 19.9 Å².